The molecular formula is C22H24FN3O2. The van der Waals surface area contributed by atoms with Gasteiger partial charge in [-0.15, -0.1) is 0 Å². The van der Waals surface area contributed by atoms with Crippen LogP contribution in [0.2, 0.25) is 0 Å². The fraction of sp³-hybridized carbons (Fsp3) is 0.273. The third kappa shape index (κ3) is 3.76. The first kappa shape index (κ1) is 19.6. The molecule has 0 saturated carbocycles. The van der Waals surface area contributed by atoms with Gasteiger partial charge in [-0.1, -0.05) is 6.08 Å². The molecule has 0 saturated heterocycles. The zero-order valence-corrected chi connectivity index (χ0v) is 16.5. The molecule has 0 spiro atoms. The van der Waals surface area contributed by atoms with Crippen molar-refractivity contribution in [1.29, 1.82) is 0 Å². The number of halogens is 1. The van der Waals surface area contributed by atoms with Crippen molar-refractivity contribution in [3.05, 3.63) is 65.0 Å². The molecule has 5 nitrogen and oxygen atoms in total. The minimum absolute atomic E-state index is 0.0731. The van der Waals surface area contributed by atoms with Gasteiger partial charge < -0.3 is 10.0 Å². The number of hydrogen-bond donors (Lipinski definition) is 2. The van der Waals surface area contributed by atoms with Crippen LogP contribution in [0, 0.1) is 5.82 Å². The lowest BCUT2D eigenvalue weighted by atomic mass is 9.88. The highest BCUT2D eigenvalue weighted by Crippen LogP contribution is 2.39. The first-order chi connectivity index (χ1) is 13.2. The number of allylic oxidation sites excluding steroid dienone is 1. The van der Waals surface area contributed by atoms with E-state index in [0.717, 1.165) is 23.4 Å². The maximum absolute atomic E-state index is 14.7. The number of likely N-dealkylation sites (N-methyl/N-ethyl adjacent to an activating group) is 1. The first-order valence-electron chi connectivity index (χ1n) is 9.16. The number of aromatic hydroxyl groups is 1. The Morgan fingerprint density at radius 3 is 2.61 bits per heavy atom. The average Bonchev–Trinajstić information content (AvgIpc) is 2.62. The van der Waals surface area contributed by atoms with Crippen molar-refractivity contribution in [2.24, 2.45) is 5.10 Å². The number of nitrogens with zero attached hydrogens (tertiary/aromatic N) is 2. The molecule has 1 heterocycles. The number of carbonyl (C=O) groups is 1. The fourth-order valence-electron chi connectivity index (χ4n) is 3.63. The van der Waals surface area contributed by atoms with Crippen LogP contribution in [0.15, 0.2) is 47.6 Å². The Kier molecular flexibility index (Phi) is 5.23. The normalized spacial score (nSPS) is 15.3. The van der Waals surface area contributed by atoms with Gasteiger partial charge in [0.15, 0.2) is 0 Å². The lowest BCUT2D eigenvalue weighted by molar-refractivity contribution is 0.0955. The maximum Gasteiger partial charge on any atom is 0.271 e. The molecule has 0 bridgehead atoms. The lowest BCUT2D eigenvalue weighted by Gasteiger charge is -2.42. The number of benzene rings is 2. The van der Waals surface area contributed by atoms with Gasteiger partial charge >= 0.3 is 0 Å². The van der Waals surface area contributed by atoms with E-state index in [9.17, 15) is 14.3 Å². The zero-order chi connectivity index (χ0) is 20.5. The number of fused-ring (bicyclic) bond motifs is 1. The molecular weight excluding hydrogens is 357 g/mol. The standard InChI is InChI=1S/C22H24FN3O2/c1-5-26-20-11-19(23)16(10-18(20)14(2)12-22(26,3)4)13-24-25-21(28)15-6-8-17(27)9-7-15/h6-13,27H,5H2,1-4H3,(H,25,28)/b24-13-. The highest BCUT2D eigenvalue weighted by Gasteiger charge is 2.30. The molecule has 2 N–H and O–H groups in total. The van der Waals surface area contributed by atoms with Crippen molar-refractivity contribution in [3.63, 3.8) is 0 Å². The van der Waals surface area contributed by atoms with Gasteiger partial charge in [-0.2, -0.15) is 5.10 Å². The van der Waals surface area contributed by atoms with Crippen LogP contribution in [0.3, 0.4) is 0 Å². The van der Waals surface area contributed by atoms with Crippen LogP contribution < -0.4 is 10.3 Å². The number of hydrazone groups is 1. The molecule has 0 radical (unpaired) electrons. The van der Waals surface area contributed by atoms with Gasteiger partial charge in [0, 0.05) is 28.9 Å². The molecule has 2 aromatic carbocycles. The summed E-state index contributed by atoms with van der Waals surface area (Å²) >= 11 is 0. The molecule has 1 aliphatic heterocycles. The summed E-state index contributed by atoms with van der Waals surface area (Å²) in [7, 11) is 0. The highest BCUT2D eigenvalue weighted by molar-refractivity contribution is 5.95. The summed E-state index contributed by atoms with van der Waals surface area (Å²) < 4.78 is 14.7. The summed E-state index contributed by atoms with van der Waals surface area (Å²) in [4.78, 5) is 14.2. The predicted octanol–water partition coefficient (Wildman–Crippen LogP) is 4.32. The van der Waals surface area contributed by atoms with E-state index in [1.54, 1.807) is 6.07 Å². The molecule has 0 aromatic heterocycles. The number of nitrogens with one attached hydrogen (secondary N) is 1. The Morgan fingerprint density at radius 1 is 1.29 bits per heavy atom. The predicted molar refractivity (Wildman–Crippen MR) is 110 cm³/mol. The van der Waals surface area contributed by atoms with E-state index in [1.807, 2.05) is 13.8 Å². The van der Waals surface area contributed by atoms with Crippen molar-refractivity contribution in [2.75, 3.05) is 11.4 Å². The van der Waals surface area contributed by atoms with Crippen molar-refractivity contribution in [1.82, 2.24) is 5.43 Å². The van der Waals surface area contributed by atoms with Crippen LogP contribution in [-0.2, 0) is 0 Å². The summed E-state index contributed by atoms with van der Waals surface area (Å²) in [6.45, 7) is 9.04. The monoisotopic (exact) mass is 381 g/mol. The van der Waals surface area contributed by atoms with E-state index in [4.69, 9.17) is 0 Å². The third-order valence-electron chi connectivity index (χ3n) is 4.91. The van der Waals surface area contributed by atoms with Gasteiger partial charge in [0.05, 0.1) is 11.8 Å². The summed E-state index contributed by atoms with van der Waals surface area (Å²) in [6.07, 6.45) is 3.47. The van der Waals surface area contributed by atoms with E-state index >= 15 is 0 Å². The fourth-order valence-corrected chi connectivity index (χ4v) is 3.63. The van der Waals surface area contributed by atoms with Gasteiger partial charge in [-0.25, -0.2) is 9.82 Å². The molecule has 0 unspecified atom stereocenters. The molecule has 146 valence electrons. The Balaban J connectivity index is 1.84. The van der Waals surface area contributed by atoms with Crippen molar-refractivity contribution in [2.45, 2.75) is 33.2 Å². The minimum atomic E-state index is -0.440. The Labute approximate surface area is 164 Å². The number of anilines is 1. The molecule has 6 heteroatoms. The van der Waals surface area contributed by atoms with Crippen LogP contribution in [0.25, 0.3) is 5.57 Å². The molecule has 0 fully saturated rings. The van der Waals surface area contributed by atoms with Crippen LogP contribution in [0.4, 0.5) is 10.1 Å². The highest BCUT2D eigenvalue weighted by atomic mass is 19.1. The summed E-state index contributed by atoms with van der Waals surface area (Å²) in [5.41, 5.74) is 5.72. The number of phenols is 1. The molecule has 0 atom stereocenters. The van der Waals surface area contributed by atoms with E-state index in [1.165, 1.54) is 36.5 Å². The van der Waals surface area contributed by atoms with Crippen molar-refractivity contribution in [3.8, 4) is 5.75 Å². The van der Waals surface area contributed by atoms with Gasteiger partial charge in [-0.3, -0.25) is 4.79 Å². The SMILES string of the molecule is CCN1c2cc(F)c(/C=N\NC(=O)c3ccc(O)cc3)cc2C(C)=CC1(C)C. The molecule has 0 aliphatic carbocycles. The number of amides is 1. The molecule has 28 heavy (non-hydrogen) atoms. The van der Waals surface area contributed by atoms with Gasteiger partial charge in [0.2, 0.25) is 0 Å². The molecule has 2 aromatic rings. The number of hydrogen-bond acceptors (Lipinski definition) is 4. The van der Waals surface area contributed by atoms with Gasteiger partial charge in [-0.05, 0) is 69.7 Å². The van der Waals surface area contributed by atoms with Crippen LogP contribution in [0.5, 0.6) is 5.75 Å². The van der Waals surface area contributed by atoms with Crippen LogP contribution in [-0.4, -0.2) is 29.3 Å². The number of rotatable bonds is 4. The summed E-state index contributed by atoms with van der Waals surface area (Å²) in [6, 6.07) is 9.07. The molecule has 3 rings (SSSR count). The smallest absolute Gasteiger partial charge is 0.271 e. The lowest BCUT2D eigenvalue weighted by Crippen LogP contribution is -2.45. The Morgan fingerprint density at radius 2 is 1.96 bits per heavy atom. The first-order valence-corrected chi connectivity index (χ1v) is 9.16. The maximum atomic E-state index is 14.7. The minimum Gasteiger partial charge on any atom is -0.508 e. The summed E-state index contributed by atoms with van der Waals surface area (Å²) in [5.74, 6) is -0.765. The van der Waals surface area contributed by atoms with E-state index in [-0.39, 0.29) is 11.3 Å². The van der Waals surface area contributed by atoms with Crippen molar-refractivity contribution < 1.29 is 14.3 Å². The largest absolute Gasteiger partial charge is 0.508 e. The molecule has 1 amide bonds. The van der Waals surface area contributed by atoms with E-state index in [0.29, 0.717) is 11.1 Å². The summed E-state index contributed by atoms with van der Waals surface area (Å²) in [5, 5.41) is 13.2. The topological polar surface area (TPSA) is 64.9 Å². The number of phenolic OH excluding ortho intramolecular Hbond substituents is 1. The molecule has 1 aliphatic rings. The Hall–Kier alpha value is -3.15. The second-order valence-electron chi connectivity index (χ2n) is 7.36. The van der Waals surface area contributed by atoms with Gasteiger partial charge in [0.1, 0.15) is 11.6 Å². The zero-order valence-electron chi connectivity index (χ0n) is 16.5. The second-order valence-corrected chi connectivity index (χ2v) is 7.36. The Bertz CT molecular complexity index is 962. The quantitative estimate of drug-likeness (QED) is 0.612. The van der Waals surface area contributed by atoms with Gasteiger partial charge in [0.25, 0.3) is 5.91 Å². The van der Waals surface area contributed by atoms with Crippen LogP contribution >= 0.6 is 0 Å². The van der Waals surface area contributed by atoms with E-state index in [2.05, 4.69) is 35.4 Å². The van der Waals surface area contributed by atoms with Crippen LogP contribution in [0.1, 0.15) is 49.2 Å². The van der Waals surface area contributed by atoms with Crippen molar-refractivity contribution >= 4 is 23.4 Å². The third-order valence-corrected chi connectivity index (χ3v) is 4.91. The number of carbonyl (C=O) groups excluding carboxylic acids is 1. The van der Waals surface area contributed by atoms with E-state index < -0.39 is 11.7 Å². The second kappa shape index (κ2) is 7.46. The average molecular weight is 381 g/mol.